The SMILES string of the molecule is CC.CC.CC.CC(C)(C)C.CC(C)(C)C.CC(C)C.Cn1ccnn1.c1ncsn1.c1nncs1. The highest BCUT2D eigenvalue weighted by Gasteiger charge is 1.96. The van der Waals surface area contributed by atoms with E-state index in [4.69, 9.17) is 0 Å². The molecule has 0 aliphatic rings. The predicted molar refractivity (Wildman–Crippen MR) is 166 cm³/mol. The third-order valence-electron chi connectivity index (χ3n) is 1.11. The molecule has 0 saturated heterocycles. The molecule has 3 aromatic heterocycles. The summed E-state index contributed by atoms with van der Waals surface area (Å²) in [5.74, 6) is 0.833. The van der Waals surface area contributed by atoms with E-state index in [-0.39, 0.29) is 0 Å². The Morgan fingerprint density at radius 1 is 0.667 bits per heavy atom. The Labute approximate surface area is 233 Å². The Morgan fingerprint density at radius 3 is 1.11 bits per heavy atom. The van der Waals surface area contributed by atoms with Crippen molar-refractivity contribution in [2.24, 2.45) is 23.8 Å². The fraction of sp³-hybridized carbons (Fsp3) is 0.778. The van der Waals surface area contributed by atoms with Gasteiger partial charge in [0.2, 0.25) is 0 Å². The lowest BCUT2D eigenvalue weighted by molar-refractivity contribution is 0.469. The third kappa shape index (κ3) is 135. The molecule has 0 unspecified atom stereocenters. The van der Waals surface area contributed by atoms with Gasteiger partial charge in [0.25, 0.3) is 0 Å². The van der Waals surface area contributed by atoms with Gasteiger partial charge in [0.1, 0.15) is 22.9 Å². The lowest BCUT2D eigenvalue weighted by Gasteiger charge is -2.05. The second kappa shape index (κ2) is 37.8. The van der Waals surface area contributed by atoms with E-state index in [0.717, 1.165) is 5.92 Å². The number of hydrogen-bond donors (Lipinski definition) is 0. The van der Waals surface area contributed by atoms with E-state index in [1.54, 1.807) is 33.6 Å². The molecule has 0 bridgehead atoms. The Bertz CT molecular complexity index is 525. The molecule has 0 aliphatic heterocycles. The van der Waals surface area contributed by atoms with Crippen LogP contribution in [0.1, 0.15) is 118 Å². The van der Waals surface area contributed by atoms with E-state index < -0.39 is 0 Å². The molecule has 9 heteroatoms. The maximum atomic E-state index is 3.65. The quantitative estimate of drug-likeness (QED) is 0.278. The third-order valence-corrected chi connectivity index (χ3v) is 1.97. The van der Waals surface area contributed by atoms with Gasteiger partial charge in [-0.05, 0) is 28.3 Å². The monoisotopic (exact) mass is 547 g/mol. The summed E-state index contributed by atoms with van der Waals surface area (Å²) in [6.07, 6.45) is 4.94. The van der Waals surface area contributed by atoms with Crippen LogP contribution in [0.15, 0.2) is 35.3 Å². The van der Waals surface area contributed by atoms with Crippen LogP contribution in [0.3, 0.4) is 0 Å². The second-order valence-corrected chi connectivity index (χ2v) is 11.3. The van der Waals surface area contributed by atoms with Crippen LogP contribution >= 0.6 is 22.9 Å². The fourth-order valence-electron chi connectivity index (χ4n) is 0.540. The highest BCUT2D eigenvalue weighted by atomic mass is 32.1. The van der Waals surface area contributed by atoms with Crippen molar-refractivity contribution in [3.05, 3.63) is 35.3 Å². The molecule has 36 heavy (non-hydrogen) atoms. The number of hydrogen-bond acceptors (Lipinski definition) is 8. The van der Waals surface area contributed by atoms with Crippen molar-refractivity contribution < 1.29 is 0 Å². The molecule has 0 fully saturated rings. The van der Waals surface area contributed by atoms with Crippen LogP contribution in [-0.2, 0) is 7.05 Å². The molecule has 7 nitrogen and oxygen atoms in total. The molecule has 0 aromatic carbocycles. The zero-order chi connectivity index (χ0) is 30.1. The highest BCUT2D eigenvalue weighted by molar-refractivity contribution is 7.07. The number of aryl methyl sites for hydroxylation is 1. The maximum Gasteiger partial charge on any atom is 0.129 e. The molecule has 216 valence electrons. The van der Waals surface area contributed by atoms with E-state index in [1.807, 2.05) is 48.6 Å². The average molecular weight is 548 g/mol. The van der Waals surface area contributed by atoms with E-state index in [2.05, 4.69) is 106 Å². The number of aromatic nitrogens is 7. The average Bonchev–Trinajstić information content (AvgIpc) is 3.55. The van der Waals surface area contributed by atoms with Gasteiger partial charge in [-0.2, -0.15) is 4.37 Å². The first-order chi connectivity index (χ1) is 16.6. The van der Waals surface area contributed by atoms with Crippen molar-refractivity contribution in [3.8, 4) is 0 Å². The molecule has 0 spiro atoms. The van der Waals surface area contributed by atoms with Crippen molar-refractivity contribution in [1.82, 2.24) is 34.5 Å². The zero-order valence-corrected chi connectivity index (χ0v) is 28.6. The zero-order valence-electron chi connectivity index (χ0n) is 27.0. The molecule has 0 radical (unpaired) electrons. The summed E-state index contributed by atoms with van der Waals surface area (Å²) in [5, 5.41) is 14.1. The molecule has 0 atom stereocenters. The summed E-state index contributed by atoms with van der Waals surface area (Å²) in [7, 11) is 1.83. The van der Waals surface area contributed by atoms with Crippen molar-refractivity contribution in [1.29, 1.82) is 0 Å². The summed E-state index contributed by atoms with van der Waals surface area (Å²) >= 11 is 2.84. The van der Waals surface area contributed by atoms with Crippen molar-refractivity contribution in [2.75, 3.05) is 0 Å². The topological polar surface area (TPSA) is 82.3 Å². The van der Waals surface area contributed by atoms with Gasteiger partial charge < -0.3 is 0 Å². The van der Waals surface area contributed by atoms with E-state index >= 15 is 0 Å². The summed E-state index contributed by atoms with van der Waals surface area (Å²) in [4.78, 5) is 3.63. The number of rotatable bonds is 0. The standard InChI is InChI=1S/2C5H12.C4H10.C3H5N3.2C2H2N2S.3C2H6/c2*1-5(2,3)4;1-4(2)3;1-6-3-2-4-5-6;1-3-4-2-5-1;1-3-2-5-4-1;3*1-2/h2*1-4H3;4H,1-3H3;2-3H,1H3;2*1-2H;3*1-2H3. The Kier molecular flexibility index (Phi) is 49.8. The van der Waals surface area contributed by atoms with Gasteiger partial charge >= 0.3 is 0 Å². The molecular weight excluding hydrogens is 486 g/mol. The lowest BCUT2D eigenvalue weighted by Crippen LogP contribution is -1.93. The molecule has 3 rings (SSSR count). The van der Waals surface area contributed by atoms with Gasteiger partial charge in [-0.15, -0.1) is 26.6 Å². The Balaban J connectivity index is -0.0000000722. The summed E-state index contributed by atoms with van der Waals surface area (Å²) in [6.45, 7) is 36.0. The van der Waals surface area contributed by atoms with Gasteiger partial charge in [0.15, 0.2) is 0 Å². The minimum atomic E-state index is 0.500. The number of nitrogens with zero attached hydrogens (tertiary/aromatic N) is 7. The van der Waals surface area contributed by atoms with Gasteiger partial charge in [-0.1, -0.05) is 123 Å². The smallest absolute Gasteiger partial charge is 0.129 e. The van der Waals surface area contributed by atoms with Crippen LogP contribution in [0, 0.1) is 16.7 Å². The van der Waals surface area contributed by atoms with E-state index in [1.165, 1.54) is 29.2 Å². The van der Waals surface area contributed by atoms with Crippen LogP contribution in [0.4, 0.5) is 0 Å². The summed E-state index contributed by atoms with van der Waals surface area (Å²) in [5.41, 5.74) is 6.04. The predicted octanol–water partition coefficient (Wildman–Crippen LogP) is 9.74. The van der Waals surface area contributed by atoms with Crippen molar-refractivity contribution in [3.63, 3.8) is 0 Å². The minimum absolute atomic E-state index is 0.500. The van der Waals surface area contributed by atoms with E-state index in [9.17, 15) is 0 Å². The largest absolute Gasteiger partial charge is 0.256 e. The molecule has 3 heterocycles. The first-order valence-corrected chi connectivity index (χ1v) is 14.6. The molecule has 3 aromatic rings. The second-order valence-electron chi connectivity index (χ2n) is 9.97. The normalized spacial score (nSPS) is 8.53. The summed E-state index contributed by atoms with van der Waals surface area (Å²) in [6, 6.07) is 0. The molecule has 0 aliphatic carbocycles. The van der Waals surface area contributed by atoms with Crippen LogP contribution in [0.2, 0.25) is 0 Å². The van der Waals surface area contributed by atoms with Gasteiger partial charge in [-0.25, -0.2) is 4.98 Å². The van der Waals surface area contributed by atoms with Gasteiger partial charge in [0.05, 0.1) is 6.20 Å². The van der Waals surface area contributed by atoms with E-state index in [0.29, 0.717) is 10.8 Å². The van der Waals surface area contributed by atoms with Crippen molar-refractivity contribution in [2.45, 2.75) is 118 Å². The van der Waals surface area contributed by atoms with Crippen molar-refractivity contribution >= 4 is 22.9 Å². The minimum Gasteiger partial charge on any atom is -0.256 e. The lowest BCUT2D eigenvalue weighted by atomic mass is 10.0. The Hall–Kier alpha value is -1.74. The first-order valence-electron chi connectivity index (χ1n) is 12.8. The maximum absolute atomic E-state index is 3.65. The molecular formula is C27H61N7S2. The molecule has 0 N–H and O–H groups in total. The first kappa shape index (κ1) is 47.5. The Morgan fingerprint density at radius 2 is 1.03 bits per heavy atom. The molecule has 0 saturated carbocycles. The summed E-state index contributed by atoms with van der Waals surface area (Å²) < 4.78 is 5.29. The van der Waals surface area contributed by atoms with Crippen LogP contribution in [0.5, 0.6) is 0 Å². The molecule has 0 amide bonds. The fourth-order valence-corrected chi connectivity index (χ4v) is 1.08. The van der Waals surface area contributed by atoms with Crippen LogP contribution < -0.4 is 0 Å². The van der Waals surface area contributed by atoms with Gasteiger partial charge in [-0.3, -0.25) is 4.68 Å². The van der Waals surface area contributed by atoms with Crippen LogP contribution in [0.25, 0.3) is 0 Å². The highest BCUT2D eigenvalue weighted by Crippen LogP contribution is 2.08. The van der Waals surface area contributed by atoms with Gasteiger partial charge in [0, 0.05) is 13.2 Å². The van der Waals surface area contributed by atoms with Crippen LogP contribution in [-0.4, -0.2) is 34.5 Å².